The Labute approximate surface area is 106 Å². The fourth-order valence-electron chi connectivity index (χ4n) is 1.53. The molecule has 2 rings (SSSR count). The number of aliphatic hydroxyl groups excluding tert-OH is 1. The number of rotatable bonds is 3. The van der Waals surface area contributed by atoms with E-state index in [-0.39, 0.29) is 12.0 Å². The molecule has 1 heterocycles. The van der Waals surface area contributed by atoms with E-state index >= 15 is 0 Å². The molecule has 0 saturated heterocycles. The Kier molecular flexibility index (Phi) is 3.76. The van der Waals surface area contributed by atoms with Crippen LogP contribution in [0.1, 0.15) is 16.5 Å². The van der Waals surface area contributed by atoms with Gasteiger partial charge in [0.25, 0.3) is 0 Å². The summed E-state index contributed by atoms with van der Waals surface area (Å²) in [5.41, 5.74) is -0.0328. The zero-order valence-electron chi connectivity index (χ0n) is 8.66. The summed E-state index contributed by atoms with van der Waals surface area (Å²) in [6.45, 7) is 0. The van der Waals surface area contributed by atoms with Crippen molar-refractivity contribution in [1.82, 2.24) is 0 Å². The van der Waals surface area contributed by atoms with Crippen molar-refractivity contribution < 1.29 is 13.9 Å². The largest absolute Gasteiger partial charge is 0.388 e. The van der Waals surface area contributed by atoms with Crippen molar-refractivity contribution in [2.24, 2.45) is 0 Å². The predicted octanol–water partition coefficient (Wildman–Crippen LogP) is 3.96. The second kappa shape index (κ2) is 5.12. The van der Waals surface area contributed by atoms with E-state index in [1.165, 1.54) is 11.3 Å². The Bertz CT molecular complexity index is 527. The van der Waals surface area contributed by atoms with Crippen LogP contribution in [-0.4, -0.2) is 5.11 Å². The molecule has 0 bridgehead atoms. The molecule has 90 valence electrons. The molecule has 5 heteroatoms. The second-order valence-electron chi connectivity index (χ2n) is 3.59. The van der Waals surface area contributed by atoms with Crippen molar-refractivity contribution in [1.29, 1.82) is 0 Å². The van der Waals surface area contributed by atoms with E-state index in [2.05, 4.69) is 0 Å². The fourth-order valence-corrected chi connectivity index (χ4v) is 2.66. The van der Waals surface area contributed by atoms with Crippen molar-refractivity contribution in [2.45, 2.75) is 12.5 Å². The van der Waals surface area contributed by atoms with Gasteiger partial charge in [-0.2, -0.15) is 0 Å². The van der Waals surface area contributed by atoms with Gasteiger partial charge in [-0.15, -0.1) is 11.3 Å². The van der Waals surface area contributed by atoms with E-state index in [0.717, 1.165) is 23.1 Å². The number of thiophene rings is 1. The lowest BCUT2D eigenvalue weighted by Crippen LogP contribution is -2.04. The van der Waals surface area contributed by atoms with Gasteiger partial charge in [0.15, 0.2) is 0 Å². The lowest BCUT2D eigenvalue weighted by atomic mass is 10.1. The van der Waals surface area contributed by atoms with Gasteiger partial charge in [0, 0.05) is 16.9 Å². The van der Waals surface area contributed by atoms with Crippen molar-refractivity contribution in [3.8, 4) is 0 Å². The first kappa shape index (κ1) is 12.5. The van der Waals surface area contributed by atoms with E-state index in [0.29, 0.717) is 4.34 Å². The Morgan fingerprint density at radius 2 is 2.00 bits per heavy atom. The molecular weight excluding hydrogens is 266 g/mol. The van der Waals surface area contributed by atoms with Crippen LogP contribution in [0.3, 0.4) is 0 Å². The van der Waals surface area contributed by atoms with Crippen LogP contribution in [0.15, 0.2) is 30.3 Å². The molecule has 0 saturated carbocycles. The van der Waals surface area contributed by atoms with Crippen molar-refractivity contribution in [2.75, 3.05) is 0 Å². The summed E-state index contributed by atoms with van der Waals surface area (Å²) in [5.74, 6) is -1.17. The Balaban J connectivity index is 2.19. The van der Waals surface area contributed by atoms with Crippen LogP contribution in [-0.2, 0) is 6.42 Å². The van der Waals surface area contributed by atoms with Gasteiger partial charge in [-0.05, 0) is 30.3 Å². The molecule has 1 nitrogen and oxygen atoms in total. The first-order valence-corrected chi connectivity index (χ1v) is 6.13. The summed E-state index contributed by atoms with van der Waals surface area (Å²) in [5, 5.41) is 9.85. The zero-order chi connectivity index (χ0) is 12.4. The SMILES string of the molecule is OC(Cc1ccc(Cl)s1)c1cc(F)ccc1F. The molecular formula is C12H9ClF2OS. The van der Waals surface area contributed by atoms with Gasteiger partial charge < -0.3 is 5.11 Å². The van der Waals surface area contributed by atoms with E-state index in [4.69, 9.17) is 11.6 Å². The maximum atomic E-state index is 13.4. The van der Waals surface area contributed by atoms with E-state index < -0.39 is 17.7 Å². The van der Waals surface area contributed by atoms with Crippen molar-refractivity contribution in [3.05, 3.63) is 56.7 Å². The van der Waals surface area contributed by atoms with E-state index in [1.54, 1.807) is 12.1 Å². The quantitative estimate of drug-likeness (QED) is 0.898. The highest BCUT2D eigenvalue weighted by molar-refractivity contribution is 7.16. The maximum absolute atomic E-state index is 13.4. The Morgan fingerprint density at radius 1 is 1.24 bits per heavy atom. The van der Waals surface area contributed by atoms with Gasteiger partial charge in [-0.1, -0.05) is 11.6 Å². The van der Waals surface area contributed by atoms with E-state index in [1.807, 2.05) is 0 Å². The van der Waals surface area contributed by atoms with Crippen LogP contribution < -0.4 is 0 Å². The minimum Gasteiger partial charge on any atom is -0.388 e. The highest BCUT2D eigenvalue weighted by Gasteiger charge is 2.15. The van der Waals surface area contributed by atoms with Crippen molar-refractivity contribution in [3.63, 3.8) is 0 Å². The standard InChI is InChI=1S/C12H9ClF2OS/c13-12-4-2-8(17-12)6-11(16)9-5-7(14)1-3-10(9)15/h1-5,11,16H,6H2. The van der Waals surface area contributed by atoms with Gasteiger partial charge in [-0.3, -0.25) is 0 Å². The second-order valence-corrected chi connectivity index (χ2v) is 5.39. The molecule has 17 heavy (non-hydrogen) atoms. The normalized spacial score (nSPS) is 12.7. The molecule has 0 amide bonds. The summed E-state index contributed by atoms with van der Waals surface area (Å²) >= 11 is 7.06. The zero-order valence-corrected chi connectivity index (χ0v) is 10.2. The molecule has 0 aliphatic rings. The number of benzene rings is 1. The topological polar surface area (TPSA) is 20.2 Å². The molecule has 2 aromatic rings. The third-order valence-corrected chi connectivity index (χ3v) is 3.59. The van der Waals surface area contributed by atoms with Crippen LogP contribution in [0.25, 0.3) is 0 Å². The fraction of sp³-hybridized carbons (Fsp3) is 0.167. The van der Waals surface area contributed by atoms with Crippen LogP contribution in [0.5, 0.6) is 0 Å². The summed E-state index contributed by atoms with van der Waals surface area (Å²) in [6.07, 6.45) is -0.849. The summed E-state index contributed by atoms with van der Waals surface area (Å²) < 4.78 is 26.9. The number of halogens is 3. The van der Waals surface area contributed by atoms with Gasteiger partial charge in [0.05, 0.1) is 10.4 Å². The third-order valence-electron chi connectivity index (χ3n) is 2.34. The molecule has 1 N–H and O–H groups in total. The predicted molar refractivity (Wildman–Crippen MR) is 64.4 cm³/mol. The minimum absolute atomic E-state index is 0.0328. The van der Waals surface area contributed by atoms with Gasteiger partial charge in [0.2, 0.25) is 0 Å². The Hall–Kier alpha value is -0.970. The monoisotopic (exact) mass is 274 g/mol. The summed E-state index contributed by atoms with van der Waals surface area (Å²) in [7, 11) is 0. The summed E-state index contributed by atoms with van der Waals surface area (Å²) in [6, 6.07) is 6.50. The first-order chi connectivity index (χ1) is 8.06. The summed E-state index contributed by atoms with van der Waals surface area (Å²) in [4.78, 5) is 0.825. The molecule has 0 spiro atoms. The van der Waals surface area contributed by atoms with Gasteiger partial charge in [-0.25, -0.2) is 8.78 Å². The van der Waals surface area contributed by atoms with Crippen molar-refractivity contribution >= 4 is 22.9 Å². The van der Waals surface area contributed by atoms with Crippen LogP contribution in [0, 0.1) is 11.6 Å². The lowest BCUT2D eigenvalue weighted by molar-refractivity contribution is 0.174. The number of aliphatic hydroxyl groups is 1. The molecule has 1 aromatic heterocycles. The molecule has 0 fully saturated rings. The lowest BCUT2D eigenvalue weighted by Gasteiger charge is -2.10. The third kappa shape index (κ3) is 3.03. The Morgan fingerprint density at radius 3 is 2.65 bits per heavy atom. The average Bonchev–Trinajstić information content (AvgIpc) is 2.67. The molecule has 0 radical (unpaired) electrons. The molecule has 1 atom stereocenters. The average molecular weight is 275 g/mol. The first-order valence-electron chi connectivity index (χ1n) is 4.93. The molecule has 0 aliphatic carbocycles. The van der Waals surface area contributed by atoms with Gasteiger partial charge in [0.1, 0.15) is 11.6 Å². The highest BCUT2D eigenvalue weighted by atomic mass is 35.5. The smallest absolute Gasteiger partial charge is 0.129 e. The maximum Gasteiger partial charge on any atom is 0.129 e. The number of hydrogen-bond donors (Lipinski definition) is 1. The van der Waals surface area contributed by atoms with Crippen LogP contribution in [0.4, 0.5) is 8.78 Å². The molecule has 1 unspecified atom stereocenters. The van der Waals surface area contributed by atoms with E-state index in [9.17, 15) is 13.9 Å². The highest BCUT2D eigenvalue weighted by Crippen LogP contribution is 2.27. The molecule has 1 aromatic carbocycles. The van der Waals surface area contributed by atoms with Gasteiger partial charge >= 0.3 is 0 Å². The minimum atomic E-state index is -1.07. The van der Waals surface area contributed by atoms with Crippen LogP contribution >= 0.6 is 22.9 Å². The van der Waals surface area contributed by atoms with Crippen LogP contribution in [0.2, 0.25) is 4.34 Å². The molecule has 0 aliphatic heterocycles. The number of hydrogen-bond acceptors (Lipinski definition) is 2.